The van der Waals surface area contributed by atoms with Gasteiger partial charge in [-0.2, -0.15) is 0 Å². The molecule has 0 radical (unpaired) electrons. The van der Waals surface area contributed by atoms with Gasteiger partial charge in [0.05, 0.1) is 12.8 Å². The van der Waals surface area contributed by atoms with E-state index in [9.17, 15) is 4.79 Å². The molecule has 1 amide bonds. The number of aromatic nitrogens is 2. The van der Waals surface area contributed by atoms with Gasteiger partial charge in [0.1, 0.15) is 16.3 Å². The van der Waals surface area contributed by atoms with Gasteiger partial charge in [-0.1, -0.05) is 40.9 Å². The fraction of sp³-hybridized carbons (Fsp3) is 0.118. The summed E-state index contributed by atoms with van der Waals surface area (Å²) in [7, 11) is 1.57. The molecule has 1 N–H and O–H groups in total. The van der Waals surface area contributed by atoms with Gasteiger partial charge in [0.2, 0.25) is 0 Å². The number of aryl methyl sites for hydroxylation is 1. The van der Waals surface area contributed by atoms with Gasteiger partial charge < -0.3 is 10.1 Å². The Bertz CT molecular complexity index is 831. The normalized spacial score (nSPS) is 10.3. The Morgan fingerprint density at radius 1 is 1.17 bits per heavy atom. The molecule has 0 fully saturated rings. The second-order valence-corrected chi connectivity index (χ2v) is 5.73. The van der Waals surface area contributed by atoms with Crippen LogP contribution in [-0.4, -0.2) is 22.6 Å². The number of amides is 1. The number of benzene rings is 2. The van der Waals surface area contributed by atoms with Crippen molar-refractivity contribution in [2.45, 2.75) is 6.92 Å². The number of hydrogen-bond donors (Lipinski definition) is 1. The summed E-state index contributed by atoms with van der Waals surface area (Å²) >= 11 is 1.08. The molecular weight excluding hydrogens is 310 g/mol. The standard InChI is InChI=1S/C17H15N3O2S/c1-11-8-9-14(22-2)13(10-11)18-17(21)16-15(19-20-23-16)12-6-4-3-5-7-12/h3-10H,1-2H3,(H,18,21). The van der Waals surface area contributed by atoms with Crippen molar-refractivity contribution in [3.63, 3.8) is 0 Å². The topological polar surface area (TPSA) is 64.1 Å². The van der Waals surface area contributed by atoms with E-state index >= 15 is 0 Å². The molecular formula is C17H15N3O2S. The Morgan fingerprint density at radius 2 is 1.96 bits per heavy atom. The largest absolute Gasteiger partial charge is 0.495 e. The molecule has 5 nitrogen and oxygen atoms in total. The number of carbonyl (C=O) groups is 1. The van der Waals surface area contributed by atoms with Gasteiger partial charge >= 0.3 is 0 Å². The van der Waals surface area contributed by atoms with E-state index < -0.39 is 0 Å². The molecule has 1 aromatic heterocycles. The molecule has 116 valence electrons. The van der Waals surface area contributed by atoms with Gasteiger partial charge in [0.15, 0.2) is 0 Å². The minimum absolute atomic E-state index is 0.247. The van der Waals surface area contributed by atoms with Crippen LogP contribution in [0.25, 0.3) is 11.3 Å². The van der Waals surface area contributed by atoms with E-state index in [-0.39, 0.29) is 5.91 Å². The Balaban J connectivity index is 1.91. The van der Waals surface area contributed by atoms with Crippen LogP contribution in [0.3, 0.4) is 0 Å². The van der Waals surface area contributed by atoms with Crippen molar-refractivity contribution in [2.75, 3.05) is 12.4 Å². The predicted octanol–water partition coefficient (Wildman–Crippen LogP) is 3.77. The average molecular weight is 325 g/mol. The lowest BCUT2D eigenvalue weighted by Gasteiger charge is -2.10. The molecule has 0 aliphatic carbocycles. The highest BCUT2D eigenvalue weighted by atomic mass is 32.1. The Morgan fingerprint density at radius 3 is 2.70 bits per heavy atom. The fourth-order valence-electron chi connectivity index (χ4n) is 2.22. The van der Waals surface area contributed by atoms with Crippen LogP contribution < -0.4 is 10.1 Å². The van der Waals surface area contributed by atoms with Crippen LogP contribution in [0.1, 0.15) is 15.2 Å². The molecule has 0 saturated heterocycles. The summed E-state index contributed by atoms with van der Waals surface area (Å²) in [5.74, 6) is 0.366. The highest BCUT2D eigenvalue weighted by Crippen LogP contribution is 2.28. The number of rotatable bonds is 4. The maximum Gasteiger partial charge on any atom is 0.269 e. The molecule has 6 heteroatoms. The quantitative estimate of drug-likeness (QED) is 0.793. The van der Waals surface area contributed by atoms with Gasteiger partial charge in [-0.3, -0.25) is 4.79 Å². The minimum Gasteiger partial charge on any atom is -0.495 e. The van der Waals surface area contributed by atoms with Crippen LogP contribution >= 0.6 is 11.5 Å². The zero-order chi connectivity index (χ0) is 16.2. The summed E-state index contributed by atoms with van der Waals surface area (Å²) in [6.07, 6.45) is 0. The number of hydrogen-bond acceptors (Lipinski definition) is 5. The van der Waals surface area contributed by atoms with Crippen molar-refractivity contribution in [2.24, 2.45) is 0 Å². The van der Waals surface area contributed by atoms with Crippen molar-refractivity contribution in [1.82, 2.24) is 9.59 Å². The van der Waals surface area contributed by atoms with Crippen LogP contribution in [0.5, 0.6) is 5.75 Å². The third kappa shape index (κ3) is 3.22. The minimum atomic E-state index is -0.247. The first-order valence-corrected chi connectivity index (χ1v) is 7.80. The smallest absolute Gasteiger partial charge is 0.269 e. The van der Waals surface area contributed by atoms with E-state index in [1.165, 1.54) is 0 Å². The van der Waals surface area contributed by atoms with Crippen LogP contribution in [-0.2, 0) is 0 Å². The van der Waals surface area contributed by atoms with Crippen molar-refractivity contribution < 1.29 is 9.53 Å². The van der Waals surface area contributed by atoms with Gasteiger partial charge in [-0.05, 0) is 36.2 Å². The molecule has 0 aliphatic rings. The molecule has 0 atom stereocenters. The number of nitrogens with zero attached hydrogens (tertiary/aromatic N) is 2. The van der Waals surface area contributed by atoms with Crippen molar-refractivity contribution >= 4 is 23.1 Å². The lowest BCUT2D eigenvalue weighted by atomic mass is 10.1. The van der Waals surface area contributed by atoms with Gasteiger partial charge in [-0.15, -0.1) is 5.10 Å². The highest BCUT2D eigenvalue weighted by Gasteiger charge is 2.19. The summed E-state index contributed by atoms with van der Waals surface area (Å²) in [4.78, 5) is 13.1. The average Bonchev–Trinajstić information content (AvgIpc) is 3.05. The third-order valence-electron chi connectivity index (χ3n) is 3.34. The Labute approximate surface area is 138 Å². The number of anilines is 1. The molecule has 0 aliphatic heterocycles. The SMILES string of the molecule is COc1ccc(C)cc1NC(=O)c1snnc1-c1ccccc1. The van der Waals surface area contributed by atoms with E-state index in [4.69, 9.17) is 4.74 Å². The molecule has 0 bridgehead atoms. The molecule has 1 heterocycles. The van der Waals surface area contributed by atoms with Crippen LogP contribution in [0, 0.1) is 6.92 Å². The second kappa shape index (κ2) is 6.58. The van der Waals surface area contributed by atoms with E-state index in [0.29, 0.717) is 22.0 Å². The number of carbonyl (C=O) groups excluding carboxylic acids is 1. The van der Waals surface area contributed by atoms with Gasteiger partial charge in [0.25, 0.3) is 5.91 Å². The van der Waals surface area contributed by atoms with Crippen LogP contribution in [0.4, 0.5) is 5.69 Å². The molecule has 0 saturated carbocycles. The van der Waals surface area contributed by atoms with E-state index in [1.54, 1.807) is 7.11 Å². The van der Waals surface area contributed by atoms with Gasteiger partial charge in [0, 0.05) is 5.56 Å². The molecule has 2 aromatic carbocycles. The zero-order valence-corrected chi connectivity index (χ0v) is 13.6. The Hall–Kier alpha value is -2.73. The lowest BCUT2D eigenvalue weighted by molar-refractivity contribution is 0.103. The summed E-state index contributed by atoms with van der Waals surface area (Å²) in [6.45, 7) is 1.96. The molecule has 0 unspecified atom stereocenters. The number of nitrogens with one attached hydrogen (secondary N) is 1. The fourth-order valence-corrected chi connectivity index (χ4v) is 2.81. The highest BCUT2D eigenvalue weighted by molar-refractivity contribution is 7.08. The van der Waals surface area contributed by atoms with Crippen molar-refractivity contribution in [3.05, 3.63) is 59.0 Å². The number of ether oxygens (including phenoxy) is 1. The first-order valence-electron chi connectivity index (χ1n) is 7.03. The van der Waals surface area contributed by atoms with Crippen LogP contribution in [0.15, 0.2) is 48.5 Å². The first-order chi connectivity index (χ1) is 11.2. The van der Waals surface area contributed by atoms with Crippen molar-refractivity contribution in [3.8, 4) is 17.0 Å². The van der Waals surface area contributed by atoms with Crippen LogP contribution in [0.2, 0.25) is 0 Å². The predicted molar refractivity (Wildman–Crippen MR) is 91.0 cm³/mol. The summed E-state index contributed by atoms with van der Waals surface area (Å²) in [6, 6.07) is 15.2. The first kappa shape index (κ1) is 15.2. The lowest BCUT2D eigenvalue weighted by Crippen LogP contribution is -2.12. The zero-order valence-electron chi connectivity index (χ0n) is 12.7. The van der Waals surface area contributed by atoms with E-state index in [1.807, 2.05) is 55.5 Å². The van der Waals surface area contributed by atoms with Gasteiger partial charge in [-0.25, -0.2) is 0 Å². The van der Waals surface area contributed by atoms with Crippen molar-refractivity contribution in [1.29, 1.82) is 0 Å². The summed E-state index contributed by atoms with van der Waals surface area (Å²) < 4.78 is 9.21. The number of methoxy groups -OCH3 is 1. The third-order valence-corrected chi connectivity index (χ3v) is 4.07. The summed E-state index contributed by atoms with van der Waals surface area (Å²) in [5.41, 5.74) is 3.11. The Kier molecular flexibility index (Phi) is 4.34. The maximum atomic E-state index is 12.6. The maximum absolute atomic E-state index is 12.6. The van der Waals surface area contributed by atoms with E-state index in [0.717, 1.165) is 22.7 Å². The van der Waals surface area contributed by atoms with E-state index in [2.05, 4.69) is 14.9 Å². The second-order valence-electron chi connectivity index (χ2n) is 4.97. The summed E-state index contributed by atoms with van der Waals surface area (Å²) in [5, 5.41) is 6.97. The molecule has 23 heavy (non-hydrogen) atoms. The molecule has 3 aromatic rings. The molecule has 0 spiro atoms. The molecule has 3 rings (SSSR count). The monoisotopic (exact) mass is 325 g/mol.